The van der Waals surface area contributed by atoms with Crippen LogP contribution in [0.3, 0.4) is 0 Å². The summed E-state index contributed by atoms with van der Waals surface area (Å²) in [6, 6.07) is 16.8. The molecule has 0 spiro atoms. The van der Waals surface area contributed by atoms with Gasteiger partial charge in [-0.3, -0.25) is 4.98 Å². The topological polar surface area (TPSA) is 26.0 Å². The van der Waals surface area contributed by atoms with Crippen LogP contribution in [0.1, 0.15) is 26.3 Å². The second-order valence-electron chi connectivity index (χ2n) is 7.55. The normalized spacial score (nSPS) is 11.8. The van der Waals surface area contributed by atoms with Crippen molar-refractivity contribution in [2.24, 2.45) is 0 Å². The van der Waals surface area contributed by atoms with Gasteiger partial charge in [-0.05, 0) is 46.9 Å². The first-order valence-corrected chi connectivity index (χ1v) is 8.66. The molecule has 2 heterocycles. The van der Waals surface area contributed by atoms with Gasteiger partial charge in [-0.15, -0.1) is 0 Å². The molecule has 130 valence electrons. The fraction of sp³-hybridized carbons (Fsp3) is 0.174. The zero-order valence-electron chi connectivity index (χ0n) is 15.1. The van der Waals surface area contributed by atoms with Gasteiger partial charge < -0.3 is 4.42 Å². The maximum Gasteiger partial charge on any atom is 0.145 e. The number of pyridine rings is 1. The minimum Gasteiger partial charge on any atom is -0.455 e. The lowest BCUT2D eigenvalue weighted by molar-refractivity contribution is 0.590. The van der Waals surface area contributed by atoms with Crippen LogP contribution in [0.15, 0.2) is 71.4 Å². The van der Waals surface area contributed by atoms with E-state index in [0.29, 0.717) is 5.76 Å². The summed E-state index contributed by atoms with van der Waals surface area (Å²) in [7, 11) is 0. The maximum absolute atomic E-state index is 13.2. The fourth-order valence-corrected chi connectivity index (χ4v) is 3.07. The van der Waals surface area contributed by atoms with Crippen molar-refractivity contribution in [3.8, 4) is 22.5 Å². The number of aromatic nitrogens is 1. The molecule has 4 aromatic rings. The van der Waals surface area contributed by atoms with Gasteiger partial charge >= 0.3 is 0 Å². The third kappa shape index (κ3) is 3.01. The molecule has 2 aromatic carbocycles. The van der Waals surface area contributed by atoms with E-state index in [1.807, 2.05) is 12.3 Å². The summed E-state index contributed by atoms with van der Waals surface area (Å²) in [5, 5.41) is 0.932. The Morgan fingerprint density at radius 3 is 2.15 bits per heavy atom. The Morgan fingerprint density at radius 2 is 1.50 bits per heavy atom. The Bertz CT molecular complexity index is 1050. The lowest BCUT2D eigenvalue weighted by atomic mass is 9.86. The van der Waals surface area contributed by atoms with Crippen molar-refractivity contribution < 1.29 is 8.81 Å². The maximum atomic E-state index is 13.2. The van der Waals surface area contributed by atoms with Crippen LogP contribution >= 0.6 is 0 Å². The molecule has 0 amide bonds. The standard InChI is InChI=1S/C23H20FNO/c1-23(2,3)18-8-4-15(5-9-18)20-14-25-13-17-12-21(26-22(17)20)16-6-10-19(24)11-7-16/h4-14H,1-3H3. The minimum atomic E-state index is -0.258. The second kappa shape index (κ2) is 6.10. The summed E-state index contributed by atoms with van der Waals surface area (Å²) in [5.74, 6) is 0.451. The molecule has 2 nitrogen and oxygen atoms in total. The molecule has 0 aliphatic rings. The van der Waals surface area contributed by atoms with E-state index in [0.717, 1.165) is 27.7 Å². The lowest BCUT2D eigenvalue weighted by Gasteiger charge is -2.19. The first-order chi connectivity index (χ1) is 12.4. The minimum absolute atomic E-state index is 0.114. The van der Waals surface area contributed by atoms with Crippen LogP contribution in [0.2, 0.25) is 0 Å². The molecule has 0 radical (unpaired) electrons. The third-order valence-electron chi connectivity index (χ3n) is 4.61. The van der Waals surface area contributed by atoms with E-state index in [1.165, 1.54) is 17.7 Å². The average molecular weight is 345 g/mol. The average Bonchev–Trinajstić information content (AvgIpc) is 3.06. The van der Waals surface area contributed by atoms with Gasteiger partial charge in [-0.25, -0.2) is 4.39 Å². The molecule has 0 saturated heterocycles. The molecule has 0 aliphatic carbocycles. The highest BCUT2D eigenvalue weighted by molar-refractivity contribution is 5.94. The van der Waals surface area contributed by atoms with Gasteiger partial charge in [0.2, 0.25) is 0 Å². The van der Waals surface area contributed by atoms with Crippen molar-refractivity contribution in [2.45, 2.75) is 26.2 Å². The fourth-order valence-electron chi connectivity index (χ4n) is 3.07. The van der Waals surface area contributed by atoms with Gasteiger partial charge in [0, 0.05) is 28.9 Å². The van der Waals surface area contributed by atoms with E-state index < -0.39 is 0 Å². The number of halogens is 1. The van der Waals surface area contributed by atoms with Crippen LogP contribution < -0.4 is 0 Å². The summed E-state index contributed by atoms with van der Waals surface area (Å²) in [5.41, 5.74) is 5.06. The Kier molecular flexibility index (Phi) is 3.87. The van der Waals surface area contributed by atoms with Crippen molar-refractivity contribution in [3.05, 3.63) is 78.4 Å². The molecule has 0 bridgehead atoms. The monoisotopic (exact) mass is 345 g/mol. The molecular weight excluding hydrogens is 325 g/mol. The number of furan rings is 1. The number of fused-ring (bicyclic) bond motifs is 1. The van der Waals surface area contributed by atoms with Gasteiger partial charge in [-0.1, -0.05) is 45.0 Å². The van der Waals surface area contributed by atoms with E-state index >= 15 is 0 Å². The molecule has 3 heteroatoms. The Morgan fingerprint density at radius 1 is 0.846 bits per heavy atom. The Balaban J connectivity index is 1.80. The first kappa shape index (κ1) is 16.5. The van der Waals surface area contributed by atoms with E-state index in [1.54, 1.807) is 18.3 Å². The van der Waals surface area contributed by atoms with Crippen LogP contribution in [-0.4, -0.2) is 4.98 Å². The SMILES string of the molecule is CC(C)(C)c1ccc(-c2cncc3cc(-c4ccc(F)cc4)oc23)cc1. The number of rotatable bonds is 2. The number of hydrogen-bond donors (Lipinski definition) is 0. The highest BCUT2D eigenvalue weighted by Gasteiger charge is 2.15. The molecule has 0 aliphatic heterocycles. The zero-order chi connectivity index (χ0) is 18.3. The molecule has 0 atom stereocenters. The van der Waals surface area contributed by atoms with Crippen LogP contribution in [0.4, 0.5) is 4.39 Å². The van der Waals surface area contributed by atoms with E-state index in [2.05, 4.69) is 50.0 Å². The summed E-state index contributed by atoms with van der Waals surface area (Å²) in [4.78, 5) is 4.36. The molecule has 0 saturated carbocycles. The predicted molar refractivity (Wildman–Crippen MR) is 104 cm³/mol. The number of hydrogen-bond acceptors (Lipinski definition) is 2. The highest BCUT2D eigenvalue weighted by Crippen LogP contribution is 2.34. The second-order valence-corrected chi connectivity index (χ2v) is 7.55. The molecule has 26 heavy (non-hydrogen) atoms. The summed E-state index contributed by atoms with van der Waals surface area (Å²) in [6.45, 7) is 6.60. The van der Waals surface area contributed by atoms with Gasteiger partial charge in [0.15, 0.2) is 0 Å². The quantitative estimate of drug-likeness (QED) is 0.409. The van der Waals surface area contributed by atoms with Crippen molar-refractivity contribution >= 4 is 11.0 Å². The van der Waals surface area contributed by atoms with Gasteiger partial charge in [-0.2, -0.15) is 0 Å². The van der Waals surface area contributed by atoms with Crippen LogP contribution in [0.25, 0.3) is 33.4 Å². The lowest BCUT2D eigenvalue weighted by Crippen LogP contribution is -2.10. The molecule has 0 unspecified atom stereocenters. The highest BCUT2D eigenvalue weighted by atomic mass is 19.1. The molecular formula is C23H20FNO. The van der Waals surface area contributed by atoms with E-state index in [-0.39, 0.29) is 11.2 Å². The summed E-state index contributed by atoms with van der Waals surface area (Å²) >= 11 is 0. The van der Waals surface area contributed by atoms with Gasteiger partial charge in [0.1, 0.15) is 17.2 Å². The van der Waals surface area contributed by atoms with Crippen LogP contribution in [-0.2, 0) is 5.41 Å². The molecule has 0 fully saturated rings. The van der Waals surface area contributed by atoms with Gasteiger partial charge in [0.05, 0.1) is 0 Å². The zero-order valence-corrected chi connectivity index (χ0v) is 15.1. The largest absolute Gasteiger partial charge is 0.455 e. The molecule has 4 rings (SSSR count). The van der Waals surface area contributed by atoms with Crippen LogP contribution in [0, 0.1) is 5.82 Å². The number of nitrogens with zero attached hydrogens (tertiary/aromatic N) is 1. The van der Waals surface area contributed by atoms with Gasteiger partial charge in [0.25, 0.3) is 0 Å². The Labute approximate surface area is 152 Å². The van der Waals surface area contributed by atoms with Crippen molar-refractivity contribution in [1.82, 2.24) is 4.98 Å². The third-order valence-corrected chi connectivity index (χ3v) is 4.61. The molecule has 0 N–H and O–H groups in total. The summed E-state index contributed by atoms with van der Waals surface area (Å²) in [6.07, 6.45) is 3.62. The smallest absolute Gasteiger partial charge is 0.145 e. The van der Waals surface area contributed by atoms with E-state index in [4.69, 9.17) is 4.42 Å². The van der Waals surface area contributed by atoms with Crippen molar-refractivity contribution in [3.63, 3.8) is 0 Å². The van der Waals surface area contributed by atoms with Crippen molar-refractivity contribution in [1.29, 1.82) is 0 Å². The van der Waals surface area contributed by atoms with Crippen molar-refractivity contribution in [2.75, 3.05) is 0 Å². The van der Waals surface area contributed by atoms with Crippen LogP contribution in [0.5, 0.6) is 0 Å². The van der Waals surface area contributed by atoms with E-state index in [9.17, 15) is 4.39 Å². The Hall–Kier alpha value is -2.94. The first-order valence-electron chi connectivity index (χ1n) is 8.66. The summed E-state index contributed by atoms with van der Waals surface area (Å²) < 4.78 is 19.3. The molecule has 2 aromatic heterocycles. The predicted octanol–water partition coefficient (Wildman–Crippen LogP) is 6.60. The number of benzene rings is 2.